The van der Waals surface area contributed by atoms with Crippen LogP contribution in [-0.2, 0) is 19.1 Å². The molecule has 1 aliphatic heterocycles. The summed E-state index contributed by atoms with van der Waals surface area (Å²) in [4.78, 5) is 25.7. The molecule has 0 amide bonds. The highest BCUT2D eigenvalue weighted by Crippen LogP contribution is 2.40. The van der Waals surface area contributed by atoms with E-state index in [-0.39, 0.29) is 13.0 Å². The first kappa shape index (κ1) is 31.2. The molecular formula is C25H20F10O5. The van der Waals surface area contributed by atoms with Gasteiger partial charge < -0.3 is 14.2 Å². The third kappa shape index (κ3) is 5.88. The van der Waals surface area contributed by atoms with Gasteiger partial charge in [-0.05, 0) is 32.1 Å². The number of epoxide rings is 1. The van der Waals surface area contributed by atoms with Gasteiger partial charge in [0.25, 0.3) is 0 Å². The molecule has 40 heavy (non-hydrogen) atoms. The molecule has 1 saturated heterocycles. The van der Waals surface area contributed by atoms with Crippen LogP contribution in [0.2, 0.25) is 0 Å². The van der Waals surface area contributed by atoms with E-state index in [1.807, 2.05) is 0 Å². The lowest BCUT2D eigenvalue weighted by Crippen LogP contribution is -2.36. The van der Waals surface area contributed by atoms with Gasteiger partial charge in [-0.2, -0.15) is 8.78 Å². The maximum atomic E-state index is 14.4. The highest BCUT2D eigenvalue weighted by atomic mass is 19.2. The molecule has 0 bridgehead atoms. The maximum Gasteiger partial charge on any atom is 0.314 e. The fourth-order valence-corrected chi connectivity index (χ4v) is 4.01. The summed E-state index contributed by atoms with van der Waals surface area (Å²) in [5.41, 5.74) is -2.97. The largest absolute Gasteiger partial charge is 0.433 e. The first-order chi connectivity index (χ1) is 18.5. The summed E-state index contributed by atoms with van der Waals surface area (Å²) in [5.74, 6) is -32.1. The Hall–Kier alpha value is -3.36. The molecule has 0 radical (unpaired) electrons. The van der Waals surface area contributed by atoms with E-state index < -0.39 is 118 Å². The van der Waals surface area contributed by atoms with Crippen LogP contribution in [-0.4, -0.2) is 24.8 Å². The van der Waals surface area contributed by atoms with E-state index in [9.17, 15) is 53.5 Å². The summed E-state index contributed by atoms with van der Waals surface area (Å²) in [5, 5.41) is 0. The molecule has 1 fully saturated rings. The third-order valence-electron chi connectivity index (χ3n) is 6.59. The third-order valence-corrected chi connectivity index (χ3v) is 6.59. The predicted molar refractivity (Wildman–Crippen MR) is 113 cm³/mol. The van der Waals surface area contributed by atoms with Crippen molar-refractivity contribution in [3.05, 3.63) is 63.7 Å². The van der Waals surface area contributed by atoms with Gasteiger partial charge in [0.05, 0.1) is 11.3 Å². The van der Waals surface area contributed by atoms with Gasteiger partial charge in [0.1, 0.15) is 6.61 Å². The van der Waals surface area contributed by atoms with Crippen LogP contribution in [0, 0.1) is 69.5 Å². The van der Waals surface area contributed by atoms with Crippen LogP contribution < -0.4 is 4.74 Å². The lowest BCUT2D eigenvalue weighted by molar-refractivity contribution is -0.162. The summed E-state index contributed by atoms with van der Waals surface area (Å²) < 4.78 is 153. The van der Waals surface area contributed by atoms with Crippen molar-refractivity contribution in [1.29, 1.82) is 0 Å². The molecule has 220 valence electrons. The van der Waals surface area contributed by atoms with Crippen LogP contribution >= 0.6 is 0 Å². The lowest BCUT2D eigenvalue weighted by atomic mass is 9.75. The maximum absolute atomic E-state index is 14.4. The summed E-state index contributed by atoms with van der Waals surface area (Å²) in [6.07, 6.45) is -2.51. The van der Waals surface area contributed by atoms with Crippen LogP contribution in [0.5, 0.6) is 5.75 Å². The van der Waals surface area contributed by atoms with Crippen molar-refractivity contribution >= 4 is 11.9 Å². The number of rotatable bonds is 10. The topological polar surface area (TPSA) is 65.1 Å². The van der Waals surface area contributed by atoms with E-state index in [1.54, 1.807) is 0 Å². The van der Waals surface area contributed by atoms with E-state index in [1.165, 1.54) is 13.8 Å². The fraction of sp³-hybridized carbons (Fsp3) is 0.440. The van der Waals surface area contributed by atoms with Gasteiger partial charge in [0.2, 0.25) is 46.9 Å². The Morgan fingerprint density at radius 2 is 1.25 bits per heavy atom. The molecule has 15 heteroatoms. The van der Waals surface area contributed by atoms with E-state index in [4.69, 9.17) is 9.47 Å². The number of hydrogen-bond donors (Lipinski definition) is 0. The van der Waals surface area contributed by atoms with Gasteiger partial charge in [0, 0.05) is 5.56 Å². The van der Waals surface area contributed by atoms with E-state index >= 15 is 0 Å². The molecule has 2 aromatic carbocycles. The van der Waals surface area contributed by atoms with Crippen molar-refractivity contribution in [2.45, 2.75) is 52.2 Å². The van der Waals surface area contributed by atoms with Gasteiger partial charge >= 0.3 is 11.9 Å². The second-order valence-electron chi connectivity index (χ2n) is 9.42. The van der Waals surface area contributed by atoms with Crippen molar-refractivity contribution in [1.82, 2.24) is 0 Å². The Morgan fingerprint density at radius 3 is 1.68 bits per heavy atom. The van der Waals surface area contributed by atoms with Gasteiger partial charge in [-0.25, -0.2) is 35.1 Å². The zero-order valence-corrected chi connectivity index (χ0v) is 20.9. The van der Waals surface area contributed by atoms with Crippen molar-refractivity contribution in [2.24, 2.45) is 11.3 Å². The van der Waals surface area contributed by atoms with Crippen molar-refractivity contribution in [2.75, 3.05) is 6.61 Å². The van der Waals surface area contributed by atoms with Gasteiger partial charge in [0.15, 0.2) is 23.3 Å². The van der Waals surface area contributed by atoms with Gasteiger partial charge in [-0.3, -0.25) is 9.59 Å². The number of benzene rings is 2. The number of ether oxygens (including phenoxy) is 3. The molecule has 0 aromatic heterocycles. The van der Waals surface area contributed by atoms with E-state index in [0.717, 1.165) is 6.92 Å². The summed E-state index contributed by atoms with van der Waals surface area (Å²) >= 11 is 0. The first-order valence-corrected chi connectivity index (χ1v) is 11.6. The van der Waals surface area contributed by atoms with Crippen molar-refractivity contribution in [3.63, 3.8) is 0 Å². The zero-order chi connectivity index (χ0) is 30.3. The monoisotopic (exact) mass is 590 g/mol. The molecule has 0 saturated carbocycles. The molecule has 1 heterocycles. The minimum Gasteiger partial charge on any atom is -0.433 e. The molecule has 0 N–H and O–H groups in total. The minimum absolute atomic E-state index is 0.0640. The Kier molecular flexibility index (Phi) is 9.06. The van der Waals surface area contributed by atoms with Crippen LogP contribution in [0.3, 0.4) is 0 Å². The average Bonchev–Trinajstić information content (AvgIpc) is 3.74. The Bertz CT molecular complexity index is 1290. The quantitative estimate of drug-likeness (QED) is 0.0790. The van der Waals surface area contributed by atoms with Crippen LogP contribution in [0.25, 0.3) is 0 Å². The molecule has 2 aromatic rings. The first-order valence-electron chi connectivity index (χ1n) is 11.6. The summed E-state index contributed by atoms with van der Waals surface area (Å²) in [6, 6.07) is 0. The van der Waals surface area contributed by atoms with Crippen LogP contribution in [0.15, 0.2) is 0 Å². The van der Waals surface area contributed by atoms with E-state index in [0.29, 0.717) is 0 Å². The van der Waals surface area contributed by atoms with Crippen LogP contribution in [0.1, 0.15) is 51.5 Å². The normalized spacial score (nSPS) is 17.7. The van der Waals surface area contributed by atoms with Gasteiger partial charge in [-0.15, -0.1) is 0 Å². The highest BCUT2D eigenvalue weighted by Gasteiger charge is 2.43. The smallest absolute Gasteiger partial charge is 0.314 e. The second kappa shape index (κ2) is 11.6. The van der Waals surface area contributed by atoms with Crippen molar-refractivity contribution in [3.8, 4) is 5.75 Å². The highest BCUT2D eigenvalue weighted by molar-refractivity contribution is 5.80. The summed E-state index contributed by atoms with van der Waals surface area (Å²) in [6.45, 7) is 3.72. The predicted octanol–water partition coefficient (Wildman–Crippen LogP) is 6.50. The Labute approximate surface area is 220 Å². The zero-order valence-electron chi connectivity index (χ0n) is 20.9. The molecule has 3 rings (SSSR count). The molecule has 0 spiro atoms. The molecule has 5 nitrogen and oxygen atoms in total. The number of esters is 2. The summed E-state index contributed by atoms with van der Waals surface area (Å²) in [7, 11) is 0. The number of carbonyl (C=O) groups excluding carboxylic acids is 2. The standard InChI is InChI=1S/C25H20F10O5/c1-4-25(3,24(37)39-10-7-38-10)6-9(5-8(2)11-12(26)14(28)16(30)15(29)13(11)27)23(36)40-22-20(34)18(32)17(31)19(33)21(22)35/h8-10H,4-7H2,1-3H3. The Balaban J connectivity index is 2.03. The SMILES string of the molecule is CCC(C)(CC(CC(C)c1c(F)c(F)c(F)c(F)c1F)C(=O)Oc1c(F)c(F)c(F)c(F)c1F)C(=O)OC1CO1. The number of hydrogen-bond acceptors (Lipinski definition) is 5. The van der Waals surface area contributed by atoms with Gasteiger partial charge in [-0.1, -0.05) is 13.8 Å². The molecule has 0 aliphatic carbocycles. The Morgan fingerprint density at radius 1 is 0.825 bits per heavy atom. The number of halogens is 10. The average molecular weight is 590 g/mol. The molecule has 4 atom stereocenters. The molecule has 4 unspecified atom stereocenters. The van der Waals surface area contributed by atoms with Crippen LogP contribution in [0.4, 0.5) is 43.9 Å². The number of carbonyl (C=O) groups is 2. The van der Waals surface area contributed by atoms with E-state index in [2.05, 4.69) is 4.74 Å². The second-order valence-corrected chi connectivity index (χ2v) is 9.42. The minimum atomic E-state index is -2.55. The fourth-order valence-electron chi connectivity index (χ4n) is 4.01. The molecular weight excluding hydrogens is 570 g/mol. The molecule has 1 aliphatic rings. The van der Waals surface area contributed by atoms with Crippen molar-refractivity contribution < 1.29 is 67.7 Å². The lowest BCUT2D eigenvalue weighted by Gasteiger charge is -2.30.